The average Bonchev–Trinajstić information content (AvgIpc) is 2.42. The zero-order chi connectivity index (χ0) is 14.1. The van der Waals surface area contributed by atoms with Crippen molar-refractivity contribution < 1.29 is 14.3 Å². The fourth-order valence-electron chi connectivity index (χ4n) is 1.57. The number of hydrazine groups is 1. The summed E-state index contributed by atoms with van der Waals surface area (Å²) in [6, 6.07) is 9.24. The lowest BCUT2D eigenvalue weighted by atomic mass is 10.1. The van der Waals surface area contributed by atoms with Gasteiger partial charge < -0.3 is 9.47 Å². The number of nitrogens with one attached hydrogen (secondary N) is 1. The third-order valence-corrected chi connectivity index (χ3v) is 2.45. The first kappa shape index (κ1) is 15.6. The number of amides is 1. The summed E-state index contributed by atoms with van der Waals surface area (Å²) in [7, 11) is 0. The monoisotopic (exact) mass is 266 g/mol. The van der Waals surface area contributed by atoms with E-state index < -0.39 is 6.10 Å². The van der Waals surface area contributed by atoms with Gasteiger partial charge in [-0.05, 0) is 11.5 Å². The molecule has 0 bridgehead atoms. The van der Waals surface area contributed by atoms with Gasteiger partial charge in [0.1, 0.15) is 0 Å². The van der Waals surface area contributed by atoms with E-state index in [1.165, 1.54) is 0 Å². The van der Waals surface area contributed by atoms with Crippen molar-refractivity contribution in [2.24, 2.45) is 11.8 Å². The molecule has 0 saturated carbocycles. The Labute approximate surface area is 114 Å². The van der Waals surface area contributed by atoms with Crippen LogP contribution in [0.25, 0.3) is 0 Å². The smallest absolute Gasteiger partial charge is 0.267 e. The van der Waals surface area contributed by atoms with E-state index in [4.69, 9.17) is 15.3 Å². The van der Waals surface area contributed by atoms with Crippen LogP contribution < -0.4 is 11.3 Å². The minimum atomic E-state index is -0.700. The van der Waals surface area contributed by atoms with Gasteiger partial charge in [0.05, 0.1) is 13.2 Å². The minimum absolute atomic E-state index is 0.347. The summed E-state index contributed by atoms with van der Waals surface area (Å²) in [6.45, 7) is 5.65. The van der Waals surface area contributed by atoms with Crippen LogP contribution in [0.2, 0.25) is 0 Å². The Balaban J connectivity index is 2.46. The largest absolute Gasteiger partial charge is 0.379 e. The SMILES string of the molecule is CC(C)COCCOC(C(=O)NN)c1ccccc1. The third kappa shape index (κ3) is 5.83. The lowest BCUT2D eigenvalue weighted by molar-refractivity contribution is -0.134. The molecule has 1 unspecified atom stereocenters. The quantitative estimate of drug-likeness (QED) is 0.323. The molecule has 19 heavy (non-hydrogen) atoms. The second-order valence-electron chi connectivity index (χ2n) is 4.64. The number of carbonyl (C=O) groups is 1. The molecule has 0 aliphatic heterocycles. The van der Waals surface area contributed by atoms with Gasteiger partial charge in [0.25, 0.3) is 5.91 Å². The highest BCUT2D eigenvalue weighted by molar-refractivity contribution is 5.81. The maximum Gasteiger partial charge on any atom is 0.267 e. The maximum absolute atomic E-state index is 11.7. The molecule has 5 nitrogen and oxygen atoms in total. The maximum atomic E-state index is 11.7. The minimum Gasteiger partial charge on any atom is -0.379 e. The van der Waals surface area contributed by atoms with E-state index >= 15 is 0 Å². The van der Waals surface area contributed by atoms with E-state index in [-0.39, 0.29) is 5.91 Å². The Kier molecular flexibility index (Phi) is 7.10. The highest BCUT2D eigenvalue weighted by Gasteiger charge is 2.19. The van der Waals surface area contributed by atoms with E-state index in [1.807, 2.05) is 30.3 Å². The fourth-order valence-corrected chi connectivity index (χ4v) is 1.57. The topological polar surface area (TPSA) is 73.6 Å². The van der Waals surface area contributed by atoms with Crippen LogP contribution in [-0.2, 0) is 14.3 Å². The second-order valence-corrected chi connectivity index (χ2v) is 4.64. The van der Waals surface area contributed by atoms with Crippen LogP contribution in [0.3, 0.4) is 0 Å². The molecular formula is C14H22N2O3. The number of hydrogen-bond donors (Lipinski definition) is 2. The Morgan fingerprint density at radius 1 is 1.26 bits per heavy atom. The van der Waals surface area contributed by atoms with Gasteiger partial charge in [-0.25, -0.2) is 5.84 Å². The van der Waals surface area contributed by atoms with Crippen LogP contribution in [0.15, 0.2) is 30.3 Å². The van der Waals surface area contributed by atoms with Gasteiger partial charge >= 0.3 is 0 Å². The lowest BCUT2D eigenvalue weighted by Crippen LogP contribution is -2.36. The number of ether oxygens (including phenoxy) is 2. The average molecular weight is 266 g/mol. The Bertz CT molecular complexity index is 368. The number of rotatable bonds is 8. The van der Waals surface area contributed by atoms with E-state index in [0.717, 1.165) is 5.56 Å². The molecule has 0 aliphatic rings. The molecule has 1 aromatic carbocycles. The molecule has 0 aromatic heterocycles. The first-order chi connectivity index (χ1) is 9.15. The van der Waals surface area contributed by atoms with Crippen LogP contribution in [-0.4, -0.2) is 25.7 Å². The van der Waals surface area contributed by atoms with Crippen molar-refractivity contribution in [1.82, 2.24) is 5.43 Å². The molecule has 106 valence electrons. The highest BCUT2D eigenvalue weighted by Crippen LogP contribution is 2.16. The summed E-state index contributed by atoms with van der Waals surface area (Å²) in [6.07, 6.45) is -0.700. The molecule has 0 aliphatic carbocycles. The molecule has 1 atom stereocenters. The molecular weight excluding hydrogens is 244 g/mol. The van der Waals surface area contributed by atoms with E-state index in [2.05, 4.69) is 19.3 Å². The van der Waals surface area contributed by atoms with E-state index in [1.54, 1.807) is 0 Å². The van der Waals surface area contributed by atoms with Gasteiger partial charge in [0.15, 0.2) is 6.10 Å². The summed E-state index contributed by atoms with van der Waals surface area (Å²) < 4.78 is 11.0. The summed E-state index contributed by atoms with van der Waals surface area (Å²) in [5.74, 6) is 5.29. The van der Waals surface area contributed by atoms with Crippen LogP contribution in [0.1, 0.15) is 25.5 Å². The highest BCUT2D eigenvalue weighted by atomic mass is 16.5. The van der Waals surface area contributed by atoms with Crippen LogP contribution >= 0.6 is 0 Å². The van der Waals surface area contributed by atoms with Gasteiger partial charge in [-0.1, -0.05) is 44.2 Å². The molecule has 1 aromatic rings. The van der Waals surface area contributed by atoms with Crippen molar-refractivity contribution in [3.63, 3.8) is 0 Å². The van der Waals surface area contributed by atoms with Crippen molar-refractivity contribution in [3.05, 3.63) is 35.9 Å². The summed E-state index contributed by atoms with van der Waals surface area (Å²) in [5, 5.41) is 0. The Morgan fingerprint density at radius 3 is 2.53 bits per heavy atom. The molecule has 0 fully saturated rings. The third-order valence-electron chi connectivity index (χ3n) is 2.45. The molecule has 0 heterocycles. The Hall–Kier alpha value is -1.43. The van der Waals surface area contributed by atoms with Crippen molar-refractivity contribution in [2.75, 3.05) is 19.8 Å². The molecule has 0 radical (unpaired) electrons. The molecule has 0 spiro atoms. The van der Waals surface area contributed by atoms with Crippen molar-refractivity contribution in [1.29, 1.82) is 0 Å². The number of carbonyl (C=O) groups excluding carboxylic acids is 1. The summed E-state index contributed by atoms with van der Waals surface area (Å²) in [4.78, 5) is 11.7. The molecule has 0 saturated heterocycles. The van der Waals surface area contributed by atoms with Gasteiger partial charge in [-0.15, -0.1) is 0 Å². The van der Waals surface area contributed by atoms with Gasteiger partial charge in [-0.2, -0.15) is 0 Å². The predicted octanol–water partition coefficient (Wildman–Crippen LogP) is 1.41. The molecule has 5 heteroatoms. The lowest BCUT2D eigenvalue weighted by Gasteiger charge is -2.17. The van der Waals surface area contributed by atoms with Gasteiger partial charge in [-0.3, -0.25) is 10.2 Å². The predicted molar refractivity (Wildman–Crippen MR) is 73.1 cm³/mol. The number of benzene rings is 1. The summed E-state index contributed by atoms with van der Waals surface area (Å²) >= 11 is 0. The van der Waals surface area contributed by atoms with Crippen LogP contribution in [0, 0.1) is 5.92 Å². The van der Waals surface area contributed by atoms with Gasteiger partial charge in [0, 0.05) is 6.61 Å². The first-order valence-electron chi connectivity index (χ1n) is 6.40. The Morgan fingerprint density at radius 2 is 1.95 bits per heavy atom. The number of hydrogen-bond acceptors (Lipinski definition) is 4. The van der Waals surface area contributed by atoms with Gasteiger partial charge in [0.2, 0.25) is 0 Å². The zero-order valence-electron chi connectivity index (χ0n) is 11.5. The number of nitrogens with two attached hydrogens (primary N) is 1. The van der Waals surface area contributed by atoms with Crippen molar-refractivity contribution in [3.8, 4) is 0 Å². The standard InChI is InChI=1S/C14H22N2O3/c1-11(2)10-18-8-9-19-13(14(17)16-15)12-6-4-3-5-7-12/h3-7,11,13H,8-10,15H2,1-2H3,(H,16,17). The molecule has 1 amide bonds. The molecule has 3 N–H and O–H groups in total. The van der Waals surface area contributed by atoms with E-state index in [0.29, 0.717) is 25.7 Å². The first-order valence-corrected chi connectivity index (χ1v) is 6.40. The van der Waals surface area contributed by atoms with Crippen LogP contribution in [0.4, 0.5) is 0 Å². The van der Waals surface area contributed by atoms with E-state index in [9.17, 15) is 4.79 Å². The normalized spacial score (nSPS) is 12.4. The summed E-state index contributed by atoms with van der Waals surface area (Å²) in [5.41, 5.74) is 2.89. The molecule has 1 rings (SSSR count). The van der Waals surface area contributed by atoms with Crippen LogP contribution in [0.5, 0.6) is 0 Å². The fraction of sp³-hybridized carbons (Fsp3) is 0.500. The zero-order valence-corrected chi connectivity index (χ0v) is 11.5. The second kappa shape index (κ2) is 8.63. The van der Waals surface area contributed by atoms with Crippen molar-refractivity contribution in [2.45, 2.75) is 20.0 Å². The van der Waals surface area contributed by atoms with Crippen molar-refractivity contribution >= 4 is 5.91 Å².